The first-order valence-corrected chi connectivity index (χ1v) is 3.54. The van der Waals surface area contributed by atoms with Gasteiger partial charge >= 0.3 is 0 Å². The summed E-state index contributed by atoms with van der Waals surface area (Å²) >= 11 is 0. The summed E-state index contributed by atoms with van der Waals surface area (Å²) in [6, 6.07) is 0.519. The van der Waals surface area contributed by atoms with E-state index in [0.29, 0.717) is 6.04 Å². The largest absolute Gasteiger partial charge is 0.266 e. The Morgan fingerprint density at radius 3 is 3.40 bits per heavy atom. The molecule has 2 aliphatic heterocycles. The smallest absolute Gasteiger partial charge is 0.0778 e. The van der Waals surface area contributed by atoms with E-state index in [4.69, 9.17) is 0 Å². The fourth-order valence-electron chi connectivity index (χ4n) is 1.36. The monoisotopic (exact) mass is 134 g/mol. The van der Waals surface area contributed by atoms with E-state index in [1.807, 2.05) is 23.5 Å². The zero-order chi connectivity index (χ0) is 6.97. The summed E-state index contributed by atoms with van der Waals surface area (Å²) in [5.41, 5.74) is 1.40. The lowest BCUT2D eigenvalue weighted by Crippen LogP contribution is -2.24. The molecule has 2 heterocycles. The molecule has 10 heavy (non-hydrogen) atoms. The molecule has 2 nitrogen and oxygen atoms in total. The van der Waals surface area contributed by atoms with E-state index in [1.165, 1.54) is 5.57 Å². The minimum Gasteiger partial charge on any atom is -0.266 e. The van der Waals surface area contributed by atoms with Gasteiger partial charge in [-0.05, 0) is 18.6 Å². The van der Waals surface area contributed by atoms with Gasteiger partial charge in [0.15, 0.2) is 0 Å². The van der Waals surface area contributed by atoms with E-state index in [0.717, 1.165) is 6.42 Å². The predicted octanol–water partition coefficient (Wildman–Crippen LogP) is 1.52. The van der Waals surface area contributed by atoms with Gasteiger partial charge in [0, 0.05) is 18.8 Å². The molecule has 0 spiro atoms. The van der Waals surface area contributed by atoms with Gasteiger partial charge in [-0.1, -0.05) is 6.08 Å². The second kappa shape index (κ2) is 1.97. The van der Waals surface area contributed by atoms with Crippen LogP contribution < -0.4 is 0 Å². The van der Waals surface area contributed by atoms with E-state index in [2.05, 4.69) is 18.1 Å². The van der Waals surface area contributed by atoms with Crippen molar-refractivity contribution < 1.29 is 0 Å². The molecule has 0 bridgehead atoms. The van der Waals surface area contributed by atoms with Gasteiger partial charge in [0.05, 0.1) is 6.04 Å². The highest BCUT2D eigenvalue weighted by molar-refractivity contribution is 5.61. The lowest BCUT2D eigenvalue weighted by Gasteiger charge is -2.22. The van der Waals surface area contributed by atoms with Crippen molar-refractivity contribution in [2.45, 2.75) is 19.4 Å². The molecule has 1 unspecified atom stereocenters. The highest BCUT2D eigenvalue weighted by atomic mass is 15.5. The summed E-state index contributed by atoms with van der Waals surface area (Å²) in [4.78, 5) is 0. The molecule has 0 fully saturated rings. The summed E-state index contributed by atoms with van der Waals surface area (Å²) in [6.45, 7) is 2.15. The Bertz CT molecular complexity index is 225. The topological polar surface area (TPSA) is 15.6 Å². The minimum atomic E-state index is 0.519. The highest BCUT2D eigenvalue weighted by Gasteiger charge is 2.21. The molecule has 2 heteroatoms. The first-order chi connectivity index (χ1) is 4.88. The van der Waals surface area contributed by atoms with Crippen LogP contribution in [0.1, 0.15) is 13.3 Å². The Morgan fingerprint density at radius 2 is 2.60 bits per heavy atom. The Kier molecular flexibility index (Phi) is 1.13. The van der Waals surface area contributed by atoms with Crippen LogP contribution in [-0.2, 0) is 0 Å². The van der Waals surface area contributed by atoms with Gasteiger partial charge in [-0.15, -0.1) is 0 Å². The average molecular weight is 134 g/mol. The quantitative estimate of drug-likeness (QED) is 0.490. The van der Waals surface area contributed by atoms with Crippen LogP contribution in [0.5, 0.6) is 0 Å². The normalized spacial score (nSPS) is 28.7. The molecule has 0 aromatic carbocycles. The van der Waals surface area contributed by atoms with E-state index in [1.54, 1.807) is 0 Å². The Morgan fingerprint density at radius 1 is 1.70 bits per heavy atom. The van der Waals surface area contributed by atoms with Crippen LogP contribution in [0, 0.1) is 0 Å². The standard InChI is InChI=1S/C8H10N2/c1-7-3-2-6-10-8(7)4-5-9-10/h2-3,5-6,8H,4H2,1H3. The Labute approximate surface area is 60.5 Å². The minimum absolute atomic E-state index is 0.519. The SMILES string of the molecule is CC1=CC=CN2N=CCC12. The molecule has 0 saturated heterocycles. The van der Waals surface area contributed by atoms with Gasteiger partial charge in [-0.25, -0.2) is 0 Å². The van der Waals surface area contributed by atoms with Crippen LogP contribution in [0.15, 0.2) is 29.0 Å². The zero-order valence-electron chi connectivity index (χ0n) is 5.99. The fourth-order valence-corrected chi connectivity index (χ4v) is 1.36. The van der Waals surface area contributed by atoms with Crippen molar-refractivity contribution in [1.82, 2.24) is 5.01 Å². The van der Waals surface area contributed by atoms with Crippen molar-refractivity contribution in [3.8, 4) is 0 Å². The number of nitrogens with zero attached hydrogens (tertiary/aromatic N) is 2. The van der Waals surface area contributed by atoms with Gasteiger partial charge in [-0.3, -0.25) is 5.01 Å². The molecule has 0 aliphatic carbocycles. The molecule has 0 N–H and O–H groups in total. The second-order valence-electron chi connectivity index (χ2n) is 2.68. The highest BCUT2D eigenvalue weighted by Crippen LogP contribution is 2.22. The molecule has 0 aromatic rings. The van der Waals surface area contributed by atoms with E-state index in [9.17, 15) is 0 Å². The summed E-state index contributed by atoms with van der Waals surface area (Å²) in [7, 11) is 0. The van der Waals surface area contributed by atoms with Crippen LogP contribution in [0.3, 0.4) is 0 Å². The summed E-state index contributed by atoms with van der Waals surface area (Å²) in [5, 5.41) is 6.20. The average Bonchev–Trinajstić information content (AvgIpc) is 2.36. The first-order valence-electron chi connectivity index (χ1n) is 3.54. The molecular weight excluding hydrogens is 124 g/mol. The predicted molar refractivity (Wildman–Crippen MR) is 41.6 cm³/mol. The van der Waals surface area contributed by atoms with Gasteiger partial charge < -0.3 is 0 Å². The Balaban J connectivity index is 2.29. The zero-order valence-corrected chi connectivity index (χ0v) is 5.99. The van der Waals surface area contributed by atoms with Crippen LogP contribution in [-0.4, -0.2) is 17.3 Å². The lowest BCUT2D eigenvalue weighted by atomic mass is 10.0. The van der Waals surface area contributed by atoms with Crippen LogP contribution in [0.25, 0.3) is 0 Å². The number of fused-ring (bicyclic) bond motifs is 1. The lowest BCUT2D eigenvalue weighted by molar-refractivity contribution is 0.353. The molecular formula is C8H10N2. The van der Waals surface area contributed by atoms with Gasteiger partial charge in [-0.2, -0.15) is 5.10 Å². The Hall–Kier alpha value is -1.05. The summed E-state index contributed by atoms with van der Waals surface area (Å²) in [6.07, 6.45) is 9.23. The number of hydrogen-bond donors (Lipinski definition) is 0. The molecule has 52 valence electrons. The summed E-state index contributed by atoms with van der Waals surface area (Å²) < 4.78 is 0. The van der Waals surface area contributed by atoms with Crippen LogP contribution in [0.2, 0.25) is 0 Å². The number of hydrazone groups is 1. The fraction of sp³-hybridized carbons (Fsp3) is 0.375. The number of rotatable bonds is 0. The number of allylic oxidation sites excluding steroid dienone is 2. The number of hydrogen-bond acceptors (Lipinski definition) is 2. The van der Waals surface area contributed by atoms with Crippen molar-refractivity contribution in [3.63, 3.8) is 0 Å². The third-order valence-corrected chi connectivity index (χ3v) is 1.99. The van der Waals surface area contributed by atoms with Crippen molar-refractivity contribution in [2.24, 2.45) is 5.10 Å². The van der Waals surface area contributed by atoms with Crippen molar-refractivity contribution in [2.75, 3.05) is 0 Å². The van der Waals surface area contributed by atoms with E-state index < -0.39 is 0 Å². The first kappa shape index (κ1) is 5.71. The maximum Gasteiger partial charge on any atom is 0.0778 e. The summed E-state index contributed by atoms with van der Waals surface area (Å²) in [5.74, 6) is 0. The van der Waals surface area contributed by atoms with Gasteiger partial charge in [0.25, 0.3) is 0 Å². The van der Waals surface area contributed by atoms with Gasteiger partial charge in [0.1, 0.15) is 0 Å². The molecule has 2 rings (SSSR count). The molecule has 0 radical (unpaired) electrons. The molecule has 1 atom stereocenters. The van der Waals surface area contributed by atoms with E-state index in [-0.39, 0.29) is 0 Å². The molecule has 0 saturated carbocycles. The molecule has 2 aliphatic rings. The molecule has 0 aromatic heterocycles. The van der Waals surface area contributed by atoms with Crippen molar-refractivity contribution in [3.05, 3.63) is 23.9 Å². The van der Waals surface area contributed by atoms with Crippen LogP contribution >= 0.6 is 0 Å². The second-order valence-corrected chi connectivity index (χ2v) is 2.68. The third-order valence-electron chi connectivity index (χ3n) is 1.99. The van der Waals surface area contributed by atoms with Crippen molar-refractivity contribution in [1.29, 1.82) is 0 Å². The van der Waals surface area contributed by atoms with Crippen molar-refractivity contribution >= 4 is 6.21 Å². The van der Waals surface area contributed by atoms with Gasteiger partial charge in [0.2, 0.25) is 0 Å². The maximum atomic E-state index is 4.19. The maximum absolute atomic E-state index is 4.19. The third kappa shape index (κ3) is 0.685. The van der Waals surface area contributed by atoms with E-state index >= 15 is 0 Å². The van der Waals surface area contributed by atoms with Crippen LogP contribution in [0.4, 0.5) is 0 Å². The molecule has 0 amide bonds.